The van der Waals surface area contributed by atoms with Crippen molar-refractivity contribution in [3.8, 4) is 0 Å². The summed E-state index contributed by atoms with van der Waals surface area (Å²) in [6.07, 6.45) is 5.68. The maximum Gasteiger partial charge on any atom is 0.0883 e. The van der Waals surface area contributed by atoms with E-state index in [1.165, 1.54) is 12.8 Å². The molecule has 0 fully saturated rings. The number of hydrogen-bond donors (Lipinski definition) is 0. The molecule has 164 valence electrons. The van der Waals surface area contributed by atoms with E-state index in [1.807, 2.05) is 0 Å². The summed E-state index contributed by atoms with van der Waals surface area (Å²) >= 11 is 0. The van der Waals surface area contributed by atoms with Crippen LogP contribution in [0.5, 0.6) is 0 Å². The molecule has 0 saturated heterocycles. The monoisotopic (exact) mass is 391 g/mol. The second-order valence-electron chi connectivity index (χ2n) is 13.7. The molecule has 1 heterocycles. The highest BCUT2D eigenvalue weighted by atomic mass is 15.4. The van der Waals surface area contributed by atoms with Crippen molar-refractivity contribution in [2.45, 2.75) is 121 Å². The Hall–Kier alpha value is -0.860. The topological polar surface area (TPSA) is 30.7 Å². The Morgan fingerprint density at radius 1 is 0.786 bits per heavy atom. The Morgan fingerprint density at radius 3 is 1.79 bits per heavy atom. The minimum atomic E-state index is 0.0222. The normalized spacial score (nSPS) is 14.8. The Morgan fingerprint density at radius 2 is 1.32 bits per heavy atom. The fourth-order valence-electron chi connectivity index (χ4n) is 5.40. The molecule has 0 N–H and O–H groups in total. The summed E-state index contributed by atoms with van der Waals surface area (Å²) in [6.45, 7) is 31.5. The van der Waals surface area contributed by atoms with E-state index in [2.05, 4.69) is 111 Å². The van der Waals surface area contributed by atoms with Crippen molar-refractivity contribution < 1.29 is 0 Å². The van der Waals surface area contributed by atoms with E-state index in [-0.39, 0.29) is 16.2 Å². The van der Waals surface area contributed by atoms with Crippen LogP contribution in [-0.4, -0.2) is 15.0 Å². The van der Waals surface area contributed by atoms with E-state index in [1.54, 1.807) is 0 Å². The van der Waals surface area contributed by atoms with E-state index in [4.69, 9.17) is 0 Å². The second-order valence-corrected chi connectivity index (χ2v) is 13.7. The van der Waals surface area contributed by atoms with Gasteiger partial charge in [0.1, 0.15) is 0 Å². The Kier molecular flexibility index (Phi) is 7.29. The van der Waals surface area contributed by atoms with Crippen LogP contribution in [0.25, 0.3) is 0 Å². The van der Waals surface area contributed by atoms with Crippen molar-refractivity contribution in [2.24, 2.45) is 27.6 Å². The highest BCUT2D eigenvalue weighted by Gasteiger charge is 2.36. The Labute approximate surface area is 176 Å². The molecule has 1 rings (SSSR count). The zero-order chi connectivity index (χ0) is 22.2. The third kappa shape index (κ3) is 7.87. The number of aromatic nitrogens is 3. The molecule has 1 aromatic heterocycles. The summed E-state index contributed by atoms with van der Waals surface area (Å²) in [7, 11) is 0. The molecule has 0 aliphatic rings. The first-order chi connectivity index (χ1) is 12.2. The SMILES string of the molecule is CC(C)C(C)(C)CC(C)(C)Cn1cc(C(C)(C)CC(C)(C)CC(C)(C)C)nn1. The molecule has 3 heteroatoms. The van der Waals surface area contributed by atoms with Gasteiger partial charge in [0.15, 0.2) is 0 Å². The number of nitrogens with zero attached hydrogens (tertiary/aromatic N) is 3. The standard InChI is InChI=1S/C25H49N3/c1-19(2)24(10,11)17-23(8,9)18-28-14-20(26-27-28)25(12,13)16-22(6,7)15-21(3,4)5/h14,19H,15-18H2,1-13H3. The van der Waals surface area contributed by atoms with E-state index >= 15 is 0 Å². The van der Waals surface area contributed by atoms with Crippen molar-refractivity contribution in [1.29, 1.82) is 0 Å². The molecule has 0 atom stereocenters. The predicted molar refractivity (Wildman–Crippen MR) is 123 cm³/mol. The van der Waals surface area contributed by atoms with Gasteiger partial charge in [-0.3, -0.25) is 4.68 Å². The van der Waals surface area contributed by atoms with Gasteiger partial charge in [-0.15, -0.1) is 5.10 Å². The fraction of sp³-hybridized carbons (Fsp3) is 0.920. The van der Waals surface area contributed by atoms with E-state index in [0.717, 1.165) is 18.7 Å². The average molecular weight is 392 g/mol. The summed E-state index contributed by atoms with van der Waals surface area (Å²) in [4.78, 5) is 0. The van der Waals surface area contributed by atoms with Gasteiger partial charge in [-0.1, -0.05) is 95.2 Å². The smallest absolute Gasteiger partial charge is 0.0883 e. The zero-order valence-corrected chi connectivity index (χ0v) is 21.3. The Balaban J connectivity index is 2.90. The first-order valence-electron chi connectivity index (χ1n) is 11.2. The van der Waals surface area contributed by atoms with Gasteiger partial charge >= 0.3 is 0 Å². The van der Waals surface area contributed by atoms with E-state index in [9.17, 15) is 0 Å². The van der Waals surface area contributed by atoms with Gasteiger partial charge in [0.2, 0.25) is 0 Å². The van der Waals surface area contributed by atoms with Crippen molar-refractivity contribution in [1.82, 2.24) is 15.0 Å². The van der Waals surface area contributed by atoms with Crippen LogP contribution in [-0.2, 0) is 12.0 Å². The summed E-state index contributed by atoms with van der Waals surface area (Å²) in [5.74, 6) is 0.669. The van der Waals surface area contributed by atoms with Crippen molar-refractivity contribution in [3.63, 3.8) is 0 Å². The molecular weight excluding hydrogens is 342 g/mol. The Bertz CT molecular complexity index is 624. The van der Waals surface area contributed by atoms with Crippen LogP contribution in [0.3, 0.4) is 0 Å². The predicted octanol–water partition coefficient (Wildman–Crippen LogP) is 7.51. The summed E-state index contributed by atoms with van der Waals surface area (Å²) in [6, 6.07) is 0. The van der Waals surface area contributed by atoms with Crippen LogP contribution in [0.1, 0.15) is 115 Å². The first-order valence-corrected chi connectivity index (χ1v) is 11.2. The molecule has 28 heavy (non-hydrogen) atoms. The minimum Gasteiger partial charge on any atom is -0.252 e. The lowest BCUT2D eigenvalue weighted by Gasteiger charge is -2.38. The van der Waals surface area contributed by atoms with Crippen LogP contribution in [0, 0.1) is 27.6 Å². The maximum absolute atomic E-state index is 4.60. The molecule has 0 bridgehead atoms. The molecule has 0 aliphatic heterocycles. The van der Waals surface area contributed by atoms with Crippen LogP contribution in [0.2, 0.25) is 0 Å². The van der Waals surface area contributed by atoms with Crippen LogP contribution in [0.15, 0.2) is 6.20 Å². The van der Waals surface area contributed by atoms with E-state index < -0.39 is 0 Å². The lowest BCUT2D eigenvalue weighted by atomic mass is 9.67. The van der Waals surface area contributed by atoms with Gasteiger partial charge in [0.25, 0.3) is 0 Å². The molecular formula is C25H49N3. The minimum absolute atomic E-state index is 0.0222. The van der Waals surface area contributed by atoms with Gasteiger partial charge in [-0.25, -0.2) is 0 Å². The first kappa shape index (κ1) is 25.2. The van der Waals surface area contributed by atoms with Crippen molar-refractivity contribution in [3.05, 3.63) is 11.9 Å². The fourth-order valence-corrected chi connectivity index (χ4v) is 5.40. The molecule has 0 aliphatic carbocycles. The average Bonchev–Trinajstić information content (AvgIpc) is 2.80. The van der Waals surface area contributed by atoms with Crippen LogP contribution < -0.4 is 0 Å². The lowest BCUT2D eigenvalue weighted by molar-refractivity contribution is 0.121. The summed E-state index contributed by atoms with van der Waals surface area (Å²) < 4.78 is 2.07. The zero-order valence-electron chi connectivity index (χ0n) is 21.3. The third-order valence-electron chi connectivity index (χ3n) is 6.25. The van der Waals surface area contributed by atoms with Crippen molar-refractivity contribution >= 4 is 0 Å². The molecule has 3 nitrogen and oxygen atoms in total. The third-order valence-corrected chi connectivity index (χ3v) is 6.25. The summed E-state index contributed by atoms with van der Waals surface area (Å²) in [5, 5.41) is 9.11. The molecule has 0 amide bonds. The molecule has 0 aromatic carbocycles. The number of rotatable bonds is 9. The van der Waals surface area contributed by atoms with Crippen molar-refractivity contribution in [2.75, 3.05) is 0 Å². The largest absolute Gasteiger partial charge is 0.252 e. The van der Waals surface area contributed by atoms with Gasteiger partial charge in [0, 0.05) is 18.2 Å². The summed E-state index contributed by atoms with van der Waals surface area (Å²) in [5.41, 5.74) is 2.26. The quantitative estimate of drug-likeness (QED) is 0.436. The lowest BCUT2D eigenvalue weighted by Crippen LogP contribution is -2.31. The highest BCUT2D eigenvalue weighted by molar-refractivity contribution is 5.10. The second kappa shape index (κ2) is 8.11. The van der Waals surface area contributed by atoms with Gasteiger partial charge < -0.3 is 0 Å². The molecule has 0 spiro atoms. The maximum atomic E-state index is 4.60. The van der Waals surface area contributed by atoms with Crippen LogP contribution >= 0.6 is 0 Å². The highest BCUT2D eigenvalue weighted by Crippen LogP contribution is 2.43. The molecule has 0 unspecified atom stereocenters. The molecule has 0 saturated carbocycles. The van der Waals surface area contributed by atoms with Crippen LogP contribution in [0.4, 0.5) is 0 Å². The van der Waals surface area contributed by atoms with E-state index in [0.29, 0.717) is 16.7 Å². The molecule has 1 aromatic rings. The van der Waals surface area contributed by atoms with Gasteiger partial charge in [-0.2, -0.15) is 0 Å². The van der Waals surface area contributed by atoms with Gasteiger partial charge in [0.05, 0.1) is 5.69 Å². The molecule has 0 radical (unpaired) electrons. The van der Waals surface area contributed by atoms with Gasteiger partial charge in [-0.05, 0) is 46.8 Å². The number of hydrogen-bond acceptors (Lipinski definition) is 2.